The maximum Gasteiger partial charge on any atom is 0.161 e. The van der Waals surface area contributed by atoms with Crippen LogP contribution in [0.2, 0.25) is 0 Å². The van der Waals surface area contributed by atoms with Gasteiger partial charge in [-0.3, -0.25) is 0 Å². The molecule has 0 saturated carbocycles. The Hall–Kier alpha value is -3.14. The highest BCUT2D eigenvalue weighted by Gasteiger charge is 2.16. The Labute approximate surface area is 330 Å². The summed E-state index contributed by atoms with van der Waals surface area (Å²) >= 11 is 0. The van der Waals surface area contributed by atoms with E-state index in [1.807, 2.05) is 0 Å². The van der Waals surface area contributed by atoms with E-state index in [-0.39, 0.29) is 0 Å². The molecule has 300 valence electrons. The van der Waals surface area contributed by atoms with Gasteiger partial charge in [0.1, 0.15) is 11.5 Å². The molecule has 0 aliphatic carbocycles. The van der Waals surface area contributed by atoms with Gasteiger partial charge in [-0.25, -0.2) is 0 Å². The number of hydrogen-bond donors (Lipinski definition) is 0. The predicted molar refractivity (Wildman–Crippen MR) is 234 cm³/mol. The molecule has 4 rings (SSSR count). The summed E-state index contributed by atoms with van der Waals surface area (Å²) in [7, 11) is 0. The lowest BCUT2D eigenvalue weighted by Gasteiger charge is -2.18. The largest absolute Gasteiger partial charge is 0.494 e. The Balaban J connectivity index is 1.63. The minimum atomic E-state index is 0.715. The van der Waals surface area contributed by atoms with Crippen LogP contribution in [0, 0.1) is 0 Å². The fourth-order valence-corrected chi connectivity index (χ4v) is 7.65. The second-order valence-corrected chi connectivity index (χ2v) is 15.7. The first kappa shape index (κ1) is 43.6. The number of benzene rings is 4. The summed E-state index contributed by atoms with van der Waals surface area (Å²) in [6.45, 7) is 12.0. The summed E-state index contributed by atoms with van der Waals surface area (Å²) in [5.41, 5.74) is 0. The molecule has 0 bridgehead atoms. The van der Waals surface area contributed by atoms with Gasteiger partial charge in [0.25, 0.3) is 0 Å². The molecule has 4 heteroatoms. The molecule has 0 aliphatic rings. The molecule has 0 aliphatic heterocycles. The highest BCUT2D eigenvalue weighted by molar-refractivity contribution is 6.26. The smallest absolute Gasteiger partial charge is 0.161 e. The van der Waals surface area contributed by atoms with E-state index in [4.69, 9.17) is 18.9 Å². The summed E-state index contributed by atoms with van der Waals surface area (Å²) in [6, 6.07) is 17.8. The Morgan fingerprint density at radius 2 is 0.556 bits per heavy atom. The van der Waals surface area contributed by atoms with Crippen molar-refractivity contribution in [2.24, 2.45) is 0 Å². The lowest BCUT2D eigenvalue weighted by molar-refractivity contribution is 0.259. The molecule has 0 aromatic heterocycles. The van der Waals surface area contributed by atoms with Crippen molar-refractivity contribution >= 4 is 32.3 Å². The Morgan fingerprint density at radius 1 is 0.278 bits per heavy atom. The van der Waals surface area contributed by atoms with Crippen molar-refractivity contribution in [3.63, 3.8) is 0 Å². The van der Waals surface area contributed by atoms with Crippen LogP contribution in [0.25, 0.3) is 32.3 Å². The van der Waals surface area contributed by atoms with E-state index in [0.717, 1.165) is 61.9 Å². The molecule has 0 fully saturated rings. The minimum absolute atomic E-state index is 0.715. The van der Waals surface area contributed by atoms with Gasteiger partial charge in [-0.05, 0) is 94.4 Å². The van der Waals surface area contributed by atoms with Crippen LogP contribution in [-0.2, 0) is 0 Å². The molecular formula is C50H76O4. The Morgan fingerprint density at radius 3 is 0.889 bits per heavy atom. The molecule has 0 saturated heterocycles. The van der Waals surface area contributed by atoms with Crippen molar-refractivity contribution in [3.05, 3.63) is 48.5 Å². The van der Waals surface area contributed by atoms with Crippen LogP contribution in [0.1, 0.15) is 182 Å². The van der Waals surface area contributed by atoms with Crippen LogP contribution < -0.4 is 18.9 Å². The molecule has 0 radical (unpaired) electrons. The Kier molecular flexibility index (Phi) is 21.5. The molecule has 4 nitrogen and oxygen atoms in total. The SMILES string of the molecule is CCCCCCCCOc1ccc2c(c1)c1cc(OCCCCCCCC)ccc1c1cc(OCCCCCCCC)c(OCCCCCCCC)cc21. The third-order valence-corrected chi connectivity index (χ3v) is 11.0. The lowest BCUT2D eigenvalue weighted by Crippen LogP contribution is -2.03. The summed E-state index contributed by atoms with van der Waals surface area (Å²) in [5.74, 6) is 3.61. The molecule has 0 heterocycles. The molecule has 4 aromatic rings. The second-order valence-electron chi connectivity index (χ2n) is 15.7. The lowest BCUT2D eigenvalue weighted by atomic mass is 9.93. The van der Waals surface area contributed by atoms with E-state index in [1.165, 1.54) is 161 Å². The van der Waals surface area contributed by atoms with Gasteiger partial charge in [0.15, 0.2) is 11.5 Å². The fourth-order valence-electron chi connectivity index (χ4n) is 7.65. The zero-order valence-corrected chi connectivity index (χ0v) is 35.1. The van der Waals surface area contributed by atoms with Crippen LogP contribution in [-0.4, -0.2) is 26.4 Å². The van der Waals surface area contributed by atoms with Crippen LogP contribution in [0.15, 0.2) is 48.5 Å². The summed E-state index contributed by atoms with van der Waals surface area (Å²) in [4.78, 5) is 0. The van der Waals surface area contributed by atoms with Crippen LogP contribution >= 0.6 is 0 Å². The quantitative estimate of drug-likeness (QED) is 0.0369. The number of ether oxygens (including phenoxy) is 4. The highest BCUT2D eigenvalue weighted by atomic mass is 16.5. The Bertz CT molecular complexity index is 1450. The van der Waals surface area contributed by atoms with Gasteiger partial charge in [-0.15, -0.1) is 0 Å². The van der Waals surface area contributed by atoms with Crippen LogP contribution in [0.5, 0.6) is 23.0 Å². The topological polar surface area (TPSA) is 36.9 Å². The van der Waals surface area contributed by atoms with Crippen molar-refractivity contribution in [2.45, 2.75) is 182 Å². The van der Waals surface area contributed by atoms with E-state index >= 15 is 0 Å². The molecular weight excluding hydrogens is 665 g/mol. The van der Waals surface area contributed by atoms with Gasteiger partial charge in [-0.1, -0.05) is 168 Å². The second kappa shape index (κ2) is 26.6. The number of fused-ring (bicyclic) bond motifs is 6. The molecule has 0 N–H and O–H groups in total. The van der Waals surface area contributed by atoms with E-state index < -0.39 is 0 Å². The predicted octanol–water partition coefficient (Wildman–Crippen LogP) is 16.1. The number of unbranched alkanes of at least 4 members (excludes halogenated alkanes) is 20. The summed E-state index contributed by atoms with van der Waals surface area (Å²) in [6.07, 6.45) is 30.0. The zero-order chi connectivity index (χ0) is 38.1. The van der Waals surface area contributed by atoms with E-state index in [2.05, 4.69) is 76.2 Å². The van der Waals surface area contributed by atoms with Gasteiger partial charge >= 0.3 is 0 Å². The zero-order valence-electron chi connectivity index (χ0n) is 35.1. The molecule has 0 atom stereocenters. The molecule has 0 unspecified atom stereocenters. The normalized spacial score (nSPS) is 11.6. The first-order chi connectivity index (χ1) is 26.7. The van der Waals surface area contributed by atoms with Crippen molar-refractivity contribution in [2.75, 3.05) is 26.4 Å². The average molecular weight is 741 g/mol. The standard InChI is InChI=1S/C50H76O4/c1-5-9-13-17-21-25-33-51-41-29-31-43-45(37-41)46-38-42(52-34-26-22-18-14-10-6-2)30-32-44(46)48-40-50(54-36-28-24-20-16-12-8-4)49(39-47(43)48)53-35-27-23-19-15-11-7-3/h29-32,37-40H,5-28,33-36H2,1-4H3. The number of rotatable bonds is 32. The third-order valence-electron chi connectivity index (χ3n) is 11.0. The third kappa shape index (κ3) is 14.8. The molecule has 4 aromatic carbocycles. The molecule has 54 heavy (non-hydrogen) atoms. The summed E-state index contributed by atoms with van der Waals surface area (Å²) in [5, 5.41) is 7.22. The van der Waals surface area contributed by atoms with Crippen molar-refractivity contribution in [1.29, 1.82) is 0 Å². The van der Waals surface area contributed by atoms with E-state index in [9.17, 15) is 0 Å². The van der Waals surface area contributed by atoms with E-state index in [0.29, 0.717) is 13.2 Å². The van der Waals surface area contributed by atoms with Gasteiger partial charge in [0, 0.05) is 0 Å². The maximum absolute atomic E-state index is 6.58. The first-order valence-corrected chi connectivity index (χ1v) is 22.7. The van der Waals surface area contributed by atoms with Crippen molar-refractivity contribution in [3.8, 4) is 23.0 Å². The highest BCUT2D eigenvalue weighted by Crippen LogP contribution is 2.43. The van der Waals surface area contributed by atoms with Gasteiger partial charge in [-0.2, -0.15) is 0 Å². The van der Waals surface area contributed by atoms with Crippen LogP contribution in [0.4, 0.5) is 0 Å². The van der Waals surface area contributed by atoms with E-state index in [1.54, 1.807) is 0 Å². The average Bonchev–Trinajstić information content (AvgIpc) is 3.19. The van der Waals surface area contributed by atoms with Gasteiger partial charge in [0.2, 0.25) is 0 Å². The number of hydrogen-bond acceptors (Lipinski definition) is 4. The van der Waals surface area contributed by atoms with Gasteiger partial charge in [0.05, 0.1) is 26.4 Å². The minimum Gasteiger partial charge on any atom is -0.494 e. The summed E-state index contributed by atoms with van der Waals surface area (Å²) < 4.78 is 25.9. The van der Waals surface area contributed by atoms with Crippen molar-refractivity contribution in [1.82, 2.24) is 0 Å². The monoisotopic (exact) mass is 741 g/mol. The van der Waals surface area contributed by atoms with Crippen molar-refractivity contribution < 1.29 is 18.9 Å². The molecule has 0 spiro atoms. The first-order valence-electron chi connectivity index (χ1n) is 22.7. The van der Waals surface area contributed by atoms with Crippen LogP contribution in [0.3, 0.4) is 0 Å². The van der Waals surface area contributed by atoms with Gasteiger partial charge < -0.3 is 18.9 Å². The maximum atomic E-state index is 6.58. The molecule has 0 amide bonds. The fraction of sp³-hybridized carbons (Fsp3) is 0.640.